The maximum atomic E-state index is 5.55. The molecular formula is C11H24N2O. The maximum absolute atomic E-state index is 5.55. The van der Waals surface area contributed by atoms with Gasteiger partial charge in [0.2, 0.25) is 0 Å². The standard InChI is InChI=1S/C11H24N2O/c1-6-9(3)13-7-8(2)12-10(4)11(13)14-5/h8-12H,6-7H2,1-5H3. The van der Waals surface area contributed by atoms with Crippen LogP contribution in [0.25, 0.3) is 0 Å². The third-order valence-electron chi connectivity index (χ3n) is 3.19. The van der Waals surface area contributed by atoms with Crippen LogP contribution in [0.3, 0.4) is 0 Å². The summed E-state index contributed by atoms with van der Waals surface area (Å²) in [6.07, 6.45) is 1.40. The van der Waals surface area contributed by atoms with Crippen LogP contribution in [0.5, 0.6) is 0 Å². The quantitative estimate of drug-likeness (QED) is 0.746. The zero-order chi connectivity index (χ0) is 10.7. The lowest BCUT2D eigenvalue weighted by Gasteiger charge is -2.45. The second-order valence-electron chi connectivity index (χ2n) is 4.44. The average molecular weight is 200 g/mol. The van der Waals surface area contributed by atoms with E-state index in [1.54, 1.807) is 7.11 Å². The summed E-state index contributed by atoms with van der Waals surface area (Å²) in [4.78, 5) is 2.46. The third kappa shape index (κ3) is 2.47. The van der Waals surface area contributed by atoms with Gasteiger partial charge in [0.05, 0.1) is 0 Å². The van der Waals surface area contributed by atoms with Crippen LogP contribution in [0, 0.1) is 0 Å². The Balaban J connectivity index is 2.67. The molecule has 1 aliphatic heterocycles. The molecule has 0 amide bonds. The van der Waals surface area contributed by atoms with E-state index >= 15 is 0 Å². The second-order valence-corrected chi connectivity index (χ2v) is 4.44. The maximum Gasteiger partial charge on any atom is 0.125 e. The fraction of sp³-hybridized carbons (Fsp3) is 1.00. The van der Waals surface area contributed by atoms with Gasteiger partial charge in [0, 0.05) is 31.8 Å². The second kappa shape index (κ2) is 5.10. The SMILES string of the molecule is CCC(C)N1CC(C)NC(C)C1OC. The molecule has 1 N–H and O–H groups in total. The lowest BCUT2D eigenvalue weighted by Crippen LogP contribution is -2.63. The van der Waals surface area contributed by atoms with E-state index in [4.69, 9.17) is 4.74 Å². The minimum atomic E-state index is 0.223. The minimum absolute atomic E-state index is 0.223. The molecule has 0 aromatic rings. The zero-order valence-electron chi connectivity index (χ0n) is 10.1. The lowest BCUT2D eigenvalue weighted by atomic mass is 10.1. The van der Waals surface area contributed by atoms with Crippen LogP contribution in [0.4, 0.5) is 0 Å². The molecule has 3 heteroatoms. The fourth-order valence-corrected chi connectivity index (χ4v) is 2.30. The smallest absolute Gasteiger partial charge is 0.125 e. The highest BCUT2D eigenvalue weighted by molar-refractivity contribution is 4.87. The Kier molecular flexibility index (Phi) is 4.35. The van der Waals surface area contributed by atoms with Crippen LogP contribution < -0.4 is 5.32 Å². The molecule has 0 spiro atoms. The first-order valence-electron chi connectivity index (χ1n) is 5.64. The van der Waals surface area contributed by atoms with Crippen molar-refractivity contribution < 1.29 is 4.74 Å². The van der Waals surface area contributed by atoms with Gasteiger partial charge in [-0.15, -0.1) is 0 Å². The molecular weight excluding hydrogens is 176 g/mol. The van der Waals surface area contributed by atoms with E-state index in [-0.39, 0.29) is 6.23 Å². The summed E-state index contributed by atoms with van der Waals surface area (Å²) in [5, 5.41) is 3.52. The Bertz CT molecular complexity index is 175. The molecule has 0 aromatic heterocycles. The Hall–Kier alpha value is -0.120. The molecule has 0 bridgehead atoms. The van der Waals surface area contributed by atoms with Gasteiger partial charge in [-0.25, -0.2) is 0 Å². The molecule has 1 aliphatic rings. The molecule has 1 rings (SSSR count). The first kappa shape index (κ1) is 12.0. The minimum Gasteiger partial charge on any atom is -0.365 e. The van der Waals surface area contributed by atoms with E-state index in [1.807, 2.05) is 0 Å². The highest BCUT2D eigenvalue weighted by Gasteiger charge is 2.33. The van der Waals surface area contributed by atoms with Crippen LogP contribution in [0.15, 0.2) is 0 Å². The van der Waals surface area contributed by atoms with E-state index < -0.39 is 0 Å². The summed E-state index contributed by atoms with van der Waals surface area (Å²) in [5.74, 6) is 0. The van der Waals surface area contributed by atoms with Crippen molar-refractivity contribution in [1.82, 2.24) is 10.2 Å². The summed E-state index contributed by atoms with van der Waals surface area (Å²) in [6, 6.07) is 1.58. The fourth-order valence-electron chi connectivity index (χ4n) is 2.30. The predicted molar refractivity (Wildman–Crippen MR) is 59.3 cm³/mol. The van der Waals surface area contributed by atoms with Gasteiger partial charge in [0.25, 0.3) is 0 Å². The Labute approximate surface area is 87.8 Å². The Morgan fingerprint density at radius 3 is 2.64 bits per heavy atom. The van der Waals surface area contributed by atoms with Crippen molar-refractivity contribution in [2.24, 2.45) is 0 Å². The van der Waals surface area contributed by atoms with Crippen LogP contribution in [0.2, 0.25) is 0 Å². The van der Waals surface area contributed by atoms with Gasteiger partial charge < -0.3 is 10.1 Å². The van der Waals surface area contributed by atoms with Crippen LogP contribution in [-0.4, -0.2) is 42.9 Å². The van der Waals surface area contributed by atoms with Crippen LogP contribution >= 0.6 is 0 Å². The van der Waals surface area contributed by atoms with E-state index in [0.29, 0.717) is 18.1 Å². The molecule has 0 radical (unpaired) electrons. The summed E-state index contributed by atoms with van der Waals surface area (Å²) in [6.45, 7) is 10.0. The number of nitrogens with one attached hydrogen (secondary N) is 1. The van der Waals surface area contributed by atoms with Crippen molar-refractivity contribution in [2.45, 2.75) is 58.5 Å². The van der Waals surface area contributed by atoms with Gasteiger partial charge >= 0.3 is 0 Å². The monoisotopic (exact) mass is 200 g/mol. The van der Waals surface area contributed by atoms with Crippen molar-refractivity contribution >= 4 is 0 Å². The molecule has 0 aromatic carbocycles. The highest BCUT2D eigenvalue weighted by atomic mass is 16.5. The number of hydrogen-bond donors (Lipinski definition) is 1. The van der Waals surface area contributed by atoms with Crippen LogP contribution in [0.1, 0.15) is 34.1 Å². The number of hydrogen-bond acceptors (Lipinski definition) is 3. The Morgan fingerprint density at radius 1 is 1.50 bits per heavy atom. The number of rotatable bonds is 3. The zero-order valence-corrected chi connectivity index (χ0v) is 10.1. The lowest BCUT2D eigenvalue weighted by molar-refractivity contribution is -0.0964. The first-order valence-corrected chi connectivity index (χ1v) is 5.64. The van der Waals surface area contributed by atoms with E-state index in [1.165, 1.54) is 6.42 Å². The molecule has 3 nitrogen and oxygen atoms in total. The van der Waals surface area contributed by atoms with Gasteiger partial charge in [0.15, 0.2) is 0 Å². The molecule has 4 atom stereocenters. The highest BCUT2D eigenvalue weighted by Crippen LogP contribution is 2.17. The molecule has 1 saturated heterocycles. The molecule has 0 saturated carbocycles. The average Bonchev–Trinajstić information content (AvgIpc) is 2.15. The first-order chi connectivity index (χ1) is 6.60. The van der Waals surface area contributed by atoms with Gasteiger partial charge in [0.1, 0.15) is 6.23 Å². The summed E-state index contributed by atoms with van der Waals surface area (Å²) < 4.78 is 5.55. The predicted octanol–water partition coefficient (Wildman–Crippen LogP) is 1.44. The van der Waals surface area contributed by atoms with Crippen LogP contribution in [-0.2, 0) is 4.74 Å². The molecule has 1 heterocycles. The van der Waals surface area contributed by atoms with Gasteiger partial charge in [-0.3, -0.25) is 4.90 Å². The summed E-state index contributed by atoms with van der Waals surface area (Å²) in [5.41, 5.74) is 0. The van der Waals surface area contributed by atoms with E-state index in [2.05, 4.69) is 37.9 Å². The van der Waals surface area contributed by atoms with Gasteiger partial charge in [-0.05, 0) is 27.2 Å². The number of methoxy groups -OCH3 is 1. The van der Waals surface area contributed by atoms with Crippen molar-refractivity contribution in [3.8, 4) is 0 Å². The molecule has 84 valence electrons. The number of ether oxygens (including phenoxy) is 1. The van der Waals surface area contributed by atoms with Gasteiger partial charge in [-0.1, -0.05) is 6.92 Å². The topological polar surface area (TPSA) is 24.5 Å². The normalized spacial score (nSPS) is 37.1. The van der Waals surface area contributed by atoms with Crippen molar-refractivity contribution in [1.29, 1.82) is 0 Å². The largest absolute Gasteiger partial charge is 0.365 e. The number of nitrogens with zero attached hydrogens (tertiary/aromatic N) is 1. The van der Waals surface area contributed by atoms with Crippen molar-refractivity contribution in [2.75, 3.05) is 13.7 Å². The van der Waals surface area contributed by atoms with Crippen molar-refractivity contribution in [3.63, 3.8) is 0 Å². The third-order valence-corrected chi connectivity index (χ3v) is 3.19. The van der Waals surface area contributed by atoms with Crippen molar-refractivity contribution in [3.05, 3.63) is 0 Å². The molecule has 14 heavy (non-hydrogen) atoms. The number of piperazine rings is 1. The van der Waals surface area contributed by atoms with E-state index in [0.717, 1.165) is 6.54 Å². The molecule has 1 fully saturated rings. The van der Waals surface area contributed by atoms with E-state index in [9.17, 15) is 0 Å². The summed E-state index contributed by atoms with van der Waals surface area (Å²) >= 11 is 0. The Morgan fingerprint density at radius 2 is 2.14 bits per heavy atom. The summed E-state index contributed by atoms with van der Waals surface area (Å²) in [7, 11) is 1.80. The molecule has 4 unspecified atom stereocenters. The van der Waals surface area contributed by atoms with Gasteiger partial charge in [-0.2, -0.15) is 0 Å². The molecule has 0 aliphatic carbocycles.